The molecule has 0 fully saturated rings. The first-order valence-electron chi connectivity index (χ1n) is 4.79. The number of benzene rings is 2. The maximum atomic E-state index is 10.2. The molecule has 0 unspecified atom stereocenters. The van der Waals surface area contributed by atoms with Gasteiger partial charge in [-0.3, -0.25) is 0 Å². The Morgan fingerprint density at radius 1 is 0.938 bits per heavy atom. The highest BCUT2D eigenvalue weighted by Gasteiger charge is 2.04. The van der Waals surface area contributed by atoms with E-state index < -0.39 is 5.97 Å². The predicted molar refractivity (Wildman–Crippen MR) is 60.5 cm³/mol. The fourth-order valence-corrected chi connectivity index (χ4v) is 1.30. The molecule has 0 saturated carbocycles. The summed E-state index contributed by atoms with van der Waals surface area (Å²) in [6.07, 6.45) is 0. The molecule has 16 heavy (non-hydrogen) atoms. The van der Waals surface area contributed by atoms with Crippen molar-refractivity contribution < 1.29 is 15.0 Å². The van der Waals surface area contributed by atoms with Gasteiger partial charge in [-0.15, -0.1) is 0 Å². The Labute approximate surface area is 92.6 Å². The molecular formula is C13H10O3. The van der Waals surface area contributed by atoms with Crippen molar-refractivity contribution in [3.8, 4) is 16.9 Å². The zero-order chi connectivity index (χ0) is 11.5. The Kier molecular flexibility index (Phi) is 2.60. The summed E-state index contributed by atoms with van der Waals surface area (Å²) in [7, 11) is 0. The van der Waals surface area contributed by atoms with Gasteiger partial charge in [0, 0.05) is 0 Å². The maximum absolute atomic E-state index is 10.2. The molecule has 2 aliphatic carbocycles. The molecule has 0 spiro atoms. The van der Waals surface area contributed by atoms with Crippen LogP contribution in [0.1, 0.15) is 10.4 Å². The number of carbonyl (C=O) groups is 1. The smallest absolute Gasteiger partial charge is 0.335 e. The van der Waals surface area contributed by atoms with Crippen LogP contribution in [0.4, 0.5) is 0 Å². The van der Waals surface area contributed by atoms with E-state index in [-0.39, 0.29) is 11.3 Å². The van der Waals surface area contributed by atoms with Crippen LogP contribution in [0.25, 0.3) is 11.1 Å². The zero-order valence-electron chi connectivity index (χ0n) is 8.42. The third-order valence-corrected chi connectivity index (χ3v) is 2.31. The third kappa shape index (κ3) is 2.03. The van der Waals surface area contributed by atoms with Gasteiger partial charge in [0.15, 0.2) is 0 Å². The number of rotatable bonds is 1. The van der Waals surface area contributed by atoms with Gasteiger partial charge in [0.05, 0.1) is 5.56 Å². The molecule has 0 radical (unpaired) electrons. The number of fused-ring (bicyclic) bond motifs is 1. The summed E-state index contributed by atoms with van der Waals surface area (Å²) in [6, 6.07) is 14.0. The van der Waals surface area contributed by atoms with Gasteiger partial charge in [-0.1, -0.05) is 30.3 Å². The number of phenolic OH excluding ortho intramolecular Hbond substituents is 1. The fourth-order valence-electron chi connectivity index (χ4n) is 1.30. The molecule has 3 rings (SSSR count). The van der Waals surface area contributed by atoms with E-state index in [2.05, 4.69) is 24.3 Å². The van der Waals surface area contributed by atoms with E-state index in [0.29, 0.717) is 0 Å². The zero-order valence-corrected chi connectivity index (χ0v) is 8.42. The lowest BCUT2D eigenvalue weighted by atomic mass is 9.95. The number of phenols is 1. The van der Waals surface area contributed by atoms with Gasteiger partial charge in [-0.2, -0.15) is 0 Å². The van der Waals surface area contributed by atoms with Crippen molar-refractivity contribution in [2.24, 2.45) is 0 Å². The molecule has 0 aromatic heterocycles. The molecule has 1 aromatic carbocycles. The van der Waals surface area contributed by atoms with Gasteiger partial charge in [-0.25, -0.2) is 4.79 Å². The van der Waals surface area contributed by atoms with Crippen LogP contribution in [-0.2, 0) is 0 Å². The Bertz CT molecular complexity index is 494. The Balaban J connectivity index is 0.000000134. The molecule has 0 amide bonds. The second-order valence-corrected chi connectivity index (χ2v) is 3.43. The van der Waals surface area contributed by atoms with Crippen LogP contribution in [0, 0.1) is 0 Å². The maximum Gasteiger partial charge on any atom is 0.335 e. The Morgan fingerprint density at radius 2 is 1.50 bits per heavy atom. The summed E-state index contributed by atoms with van der Waals surface area (Å²) in [5.41, 5.74) is 2.95. The van der Waals surface area contributed by atoms with Crippen molar-refractivity contribution in [3.05, 3.63) is 54.1 Å². The molecule has 0 heterocycles. The molecule has 0 saturated heterocycles. The molecule has 0 aliphatic heterocycles. The first-order valence-corrected chi connectivity index (χ1v) is 4.79. The number of aromatic carboxylic acids is 1. The van der Waals surface area contributed by atoms with E-state index in [1.54, 1.807) is 0 Å². The van der Waals surface area contributed by atoms with Crippen molar-refractivity contribution in [1.82, 2.24) is 0 Å². The highest BCUT2D eigenvalue weighted by atomic mass is 16.4. The van der Waals surface area contributed by atoms with Gasteiger partial charge < -0.3 is 10.2 Å². The minimum Gasteiger partial charge on any atom is -0.508 e. The second kappa shape index (κ2) is 4.06. The lowest BCUT2D eigenvalue weighted by molar-refractivity contribution is 0.0696. The normalized spacial score (nSPS) is 10.0. The number of carboxylic acid groups (broad SMARTS) is 1. The topological polar surface area (TPSA) is 57.5 Å². The fraction of sp³-hybridized carbons (Fsp3) is 0. The van der Waals surface area contributed by atoms with E-state index >= 15 is 0 Å². The minimum atomic E-state index is -1.03. The molecular weight excluding hydrogens is 204 g/mol. The highest BCUT2D eigenvalue weighted by molar-refractivity contribution is 5.87. The van der Waals surface area contributed by atoms with Crippen LogP contribution < -0.4 is 0 Å². The average Bonchev–Trinajstić information content (AvgIpc) is 2.24. The lowest BCUT2D eigenvalue weighted by Crippen LogP contribution is -1.94. The van der Waals surface area contributed by atoms with Crippen molar-refractivity contribution in [1.29, 1.82) is 0 Å². The first kappa shape index (κ1) is 10.2. The van der Waals surface area contributed by atoms with Crippen LogP contribution in [0.5, 0.6) is 5.75 Å². The number of aromatic hydroxyl groups is 1. The summed E-state index contributed by atoms with van der Waals surface area (Å²) < 4.78 is 0. The molecule has 1 aromatic rings. The standard InChI is InChI=1S/C7H6O3.C6H4/c8-6-3-1-2-5(4-6)7(9)10;1-2-6-4-3-5(1)6/h1-4,8H,(H,9,10);1-4H. The second-order valence-electron chi connectivity index (χ2n) is 3.43. The van der Waals surface area contributed by atoms with Gasteiger partial charge in [-0.05, 0) is 29.3 Å². The van der Waals surface area contributed by atoms with E-state index in [4.69, 9.17) is 10.2 Å². The highest BCUT2D eigenvalue weighted by Crippen LogP contribution is 2.29. The van der Waals surface area contributed by atoms with Crippen molar-refractivity contribution in [2.45, 2.75) is 0 Å². The van der Waals surface area contributed by atoms with E-state index in [1.807, 2.05) is 0 Å². The summed E-state index contributed by atoms with van der Waals surface area (Å²) in [5.74, 6) is -1.06. The van der Waals surface area contributed by atoms with Crippen LogP contribution in [0.15, 0.2) is 48.5 Å². The number of carboxylic acids is 1. The van der Waals surface area contributed by atoms with Gasteiger partial charge in [0.25, 0.3) is 0 Å². The average molecular weight is 214 g/mol. The quantitative estimate of drug-likeness (QED) is 0.654. The Morgan fingerprint density at radius 3 is 1.75 bits per heavy atom. The van der Waals surface area contributed by atoms with Crippen molar-refractivity contribution in [3.63, 3.8) is 0 Å². The number of hydrogen-bond donors (Lipinski definition) is 2. The van der Waals surface area contributed by atoms with Crippen LogP contribution >= 0.6 is 0 Å². The van der Waals surface area contributed by atoms with E-state index in [0.717, 1.165) is 0 Å². The minimum absolute atomic E-state index is 0.0279. The first-order chi connectivity index (χ1) is 7.66. The van der Waals surface area contributed by atoms with Gasteiger partial charge in [0.2, 0.25) is 0 Å². The van der Waals surface area contributed by atoms with Crippen LogP contribution in [0.3, 0.4) is 0 Å². The largest absolute Gasteiger partial charge is 0.508 e. The van der Waals surface area contributed by atoms with Crippen molar-refractivity contribution in [2.75, 3.05) is 0 Å². The van der Waals surface area contributed by atoms with E-state index in [1.165, 1.54) is 35.4 Å². The van der Waals surface area contributed by atoms with Gasteiger partial charge >= 0.3 is 5.97 Å². The summed E-state index contributed by atoms with van der Waals surface area (Å²) in [6.45, 7) is 0. The third-order valence-electron chi connectivity index (χ3n) is 2.31. The Hall–Kier alpha value is -2.29. The monoisotopic (exact) mass is 214 g/mol. The molecule has 3 heteroatoms. The lowest BCUT2D eigenvalue weighted by Gasteiger charge is -2.10. The molecule has 0 bridgehead atoms. The molecule has 0 atom stereocenters. The van der Waals surface area contributed by atoms with Crippen molar-refractivity contribution >= 4 is 5.97 Å². The molecule has 2 aliphatic rings. The van der Waals surface area contributed by atoms with Crippen LogP contribution in [0.2, 0.25) is 0 Å². The summed E-state index contributed by atoms with van der Waals surface area (Å²) in [5, 5.41) is 17.2. The summed E-state index contributed by atoms with van der Waals surface area (Å²) >= 11 is 0. The molecule has 2 N–H and O–H groups in total. The number of hydrogen-bond acceptors (Lipinski definition) is 2. The SMILES string of the molecule is O=C(O)c1cccc(O)c1.c1cc2ccc1-2. The summed E-state index contributed by atoms with van der Waals surface area (Å²) in [4.78, 5) is 10.2. The molecule has 80 valence electrons. The molecule has 3 nitrogen and oxygen atoms in total. The van der Waals surface area contributed by atoms with E-state index in [9.17, 15) is 4.79 Å². The predicted octanol–water partition coefficient (Wildman–Crippen LogP) is 2.76. The van der Waals surface area contributed by atoms with Crippen LogP contribution in [-0.4, -0.2) is 16.2 Å². The van der Waals surface area contributed by atoms with Gasteiger partial charge in [0.1, 0.15) is 5.75 Å².